The Labute approximate surface area is 265 Å². The second kappa shape index (κ2) is 19.4. The van der Waals surface area contributed by atoms with Crippen molar-refractivity contribution in [2.75, 3.05) is 85.2 Å². The quantitative estimate of drug-likeness (QED) is 0.304. The molecule has 258 valence electrons. The van der Waals surface area contributed by atoms with Crippen LogP contribution in [-0.2, 0) is 19.0 Å². The number of carbonyl (C=O) groups excluding carboxylic acids is 3. The highest BCUT2D eigenvalue weighted by Gasteiger charge is 2.31. The van der Waals surface area contributed by atoms with Gasteiger partial charge < -0.3 is 39.8 Å². The fourth-order valence-corrected chi connectivity index (χ4v) is 4.86. The number of rotatable bonds is 5. The molecule has 44 heavy (non-hydrogen) atoms. The van der Waals surface area contributed by atoms with E-state index in [9.17, 15) is 14.4 Å². The lowest BCUT2D eigenvalue weighted by atomic mass is 10.2. The van der Waals surface area contributed by atoms with Gasteiger partial charge in [-0.25, -0.2) is 9.59 Å². The molecule has 3 fully saturated rings. The van der Waals surface area contributed by atoms with Crippen molar-refractivity contribution in [1.82, 2.24) is 30.2 Å². The molecular formula is C31H62N6O7. The van der Waals surface area contributed by atoms with Crippen LogP contribution in [0.2, 0.25) is 0 Å². The number of nitrogens with zero attached hydrogens (tertiary/aromatic N) is 4. The number of hydrogen-bond acceptors (Lipinski definition) is 11. The van der Waals surface area contributed by atoms with Crippen LogP contribution in [0.4, 0.5) is 9.59 Å². The summed E-state index contributed by atoms with van der Waals surface area (Å²) in [7, 11) is 0. The molecule has 3 rings (SSSR count). The van der Waals surface area contributed by atoms with Crippen LogP contribution in [-0.4, -0.2) is 157 Å². The molecule has 13 heteroatoms. The smallest absolute Gasteiger partial charge is 0.410 e. The summed E-state index contributed by atoms with van der Waals surface area (Å²) in [5.41, 5.74) is -0.881. The summed E-state index contributed by atoms with van der Waals surface area (Å²) in [5, 5.41) is 15.3. The molecule has 3 saturated heterocycles. The van der Waals surface area contributed by atoms with E-state index in [1.54, 1.807) is 16.7 Å². The lowest BCUT2D eigenvalue weighted by Crippen LogP contribution is -2.55. The van der Waals surface area contributed by atoms with Gasteiger partial charge in [0.25, 0.3) is 0 Å². The van der Waals surface area contributed by atoms with Crippen molar-refractivity contribution in [3.63, 3.8) is 0 Å². The Morgan fingerprint density at radius 2 is 1.39 bits per heavy atom. The molecule has 3 aliphatic heterocycles. The number of ether oxygens (including phenoxy) is 3. The van der Waals surface area contributed by atoms with Crippen molar-refractivity contribution in [2.45, 2.75) is 98.6 Å². The van der Waals surface area contributed by atoms with Crippen LogP contribution in [0.1, 0.15) is 69.2 Å². The molecule has 0 saturated carbocycles. The summed E-state index contributed by atoms with van der Waals surface area (Å²) in [6, 6.07) is 1.05. The third kappa shape index (κ3) is 16.8. The van der Waals surface area contributed by atoms with E-state index in [2.05, 4.69) is 29.4 Å². The van der Waals surface area contributed by atoms with Crippen molar-refractivity contribution in [3.05, 3.63) is 0 Å². The summed E-state index contributed by atoms with van der Waals surface area (Å²) in [6.07, 6.45) is -0.494. The zero-order valence-corrected chi connectivity index (χ0v) is 29.1. The maximum atomic E-state index is 12.0. The number of nitrogens with one attached hydrogen (secondary N) is 2. The average molecular weight is 631 g/mol. The highest BCUT2D eigenvalue weighted by molar-refractivity contribution is 5.72. The molecule has 3 N–H and O–H groups in total. The standard InChI is InChI=1S/C14H26N2O4.C10H20N2O2.C7H16N2O/c1-6-19-12(17)10-15-7-8-16(9-11(15)2)13(18)20-14(3,4)5;1-8-7-12(6-5-11-8)9(13)14-10(2,3)4;1-7-6-8-2-3-9(7)4-5-10/h11H,6-10H2,1-5H3;8,11H,5-7H2,1-4H3;7-8,10H,2-6H2,1H3/t11-;8-;7-/m111/s1. The predicted molar refractivity (Wildman–Crippen MR) is 172 cm³/mol. The van der Waals surface area contributed by atoms with E-state index in [1.165, 1.54) is 0 Å². The van der Waals surface area contributed by atoms with Gasteiger partial charge in [-0.3, -0.25) is 14.6 Å². The highest BCUT2D eigenvalue weighted by atomic mass is 16.6. The Balaban J connectivity index is 0.000000351. The Hall–Kier alpha value is -2.19. The van der Waals surface area contributed by atoms with Gasteiger partial charge >= 0.3 is 18.2 Å². The number of hydrogen-bond donors (Lipinski definition) is 3. The van der Waals surface area contributed by atoms with E-state index in [0.717, 1.165) is 45.8 Å². The Morgan fingerprint density at radius 1 is 0.795 bits per heavy atom. The van der Waals surface area contributed by atoms with Gasteiger partial charge in [-0.1, -0.05) is 0 Å². The first-order valence-electron chi connectivity index (χ1n) is 16.1. The fourth-order valence-electron chi connectivity index (χ4n) is 4.86. The summed E-state index contributed by atoms with van der Waals surface area (Å²) < 4.78 is 15.6. The molecular weight excluding hydrogens is 568 g/mol. The Kier molecular flexibility index (Phi) is 17.5. The van der Waals surface area contributed by atoms with Gasteiger partial charge in [0.05, 0.1) is 19.8 Å². The van der Waals surface area contributed by atoms with Gasteiger partial charge in [-0.05, 0) is 69.2 Å². The number of aliphatic hydroxyl groups is 1. The van der Waals surface area contributed by atoms with Crippen molar-refractivity contribution in [2.24, 2.45) is 0 Å². The Morgan fingerprint density at radius 3 is 1.86 bits per heavy atom. The molecule has 2 amide bonds. The van der Waals surface area contributed by atoms with Crippen LogP contribution in [0.15, 0.2) is 0 Å². The number of aliphatic hydroxyl groups excluding tert-OH is 1. The van der Waals surface area contributed by atoms with Gasteiger partial charge in [0.15, 0.2) is 0 Å². The Bertz CT molecular complexity index is 861. The first-order chi connectivity index (χ1) is 20.5. The van der Waals surface area contributed by atoms with Crippen LogP contribution in [0.25, 0.3) is 0 Å². The van der Waals surface area contributed by atoms with Crippen LogP contribution in [0.5, 0.6) is 0 Å². The van der Waals surface area contributed by atoms with Gasteiger partial charge in [0.1, 0.15) is 11.2 Å². The largest absolute Gasteiger partial charge is 0.465 e. The van der Waals surface area contributed by atoms with E-state index < -0.39 is 11.2 Å². The zero-order valence-electron chi connectivity index (χ0n) is 29.1. The lowest BCUT2D eigenvalue weighted by molar-refractivity contribution is -0.145. The highest BCUT2D eigenvalue weighted by Crippen LogP contribution is 2.15. The minimum Gasteiger partial charge on any atom is -0.465 e. The van der Waals surface area contributed by atoms with Gasteiger partial charge in [-0.15, -0.1) is 0 Å². The van der Waals surface area contributed by atoms with E-state index in [1.807, 2.05) is 53.4 Å². The number of carbonyl (C=O) groups is 3. The summed E-state index contributed by atoms with van der Waals surface area (Å²) in [5.74, 6) is -0.218. The van der Waals surface area contributed by atoms with Gasteiger partial charge in [-0.2, -0.15) is 0 Å². The van der Waals surface area contributed by atoms with Crippen molar-refractivity contribution in [1.29, 1.82) is 0 Å². The molecule has 3 atom stereocenters. The lowest BCUT2D eigenvalue weighted by Gasteiger charge is -2.39. The van der Waals surface area contributed by atoms with Gasteiger partial charge in [0, 0.05) is 83.6 Å². The first kappa shape index (κ1) is 39.8. The topological polar surface area (TPSA) is 136 Å². The van der Waals surface area contributed by atoms with E-state index >= 15 is 0 Å². The molecule has 0 unspecified atom stereocenters. The molecule has 0 spiro atoms. The minimum absolute atomic E-state index is 0.112. The molecule has 0 aliphatic carbocycles. The summed E-state index contributed by atoms with van der Waals surface area (Å²) in [6.45, 7) is 28.3. The van der Waals surface area contributed by atoms with Gasteiger partial charge in [0.2, 0.25) is 0 Å². The number of esters is 1. The van der Waals surface area contributed by atoms with E-state index in [4.69, 9.17) is 19.3 Å². The van der Waals surface area contributed by atoms with E-state index in [0.29, 0.717) is 38.3 Å². The number of amides is 2. The van der Waals surface area contributed by atoms with Crippen LogP contribution in [0, 0.1) is 0 Å². The van der Waals surface area contributed by atoms with Crippen molar-refractivity contribution in [3.8, 4) is 0 Å². The second-order valence-corrected chi connectivity index (χ2v) is 13.6. The molecule has 0 aromatic carbocycles. The fraction of sp³-hybridized carbons (Fsp3) is 0.903. The molecule has 0 bridgehead atoms. The molecule has 3 heterocycles. The van der Waals surface area contributed by atoms with E-state index in [-0.39, 0.29) is 37.3 Å². The first-order valence-corrected chi connectivity index (χ1v) is 16.1. The maximum Gasteiger partial charge on any atom is 0.410 e. The van der Waals surface area contributed by atoms with Crippen LogP contribution < -0.4 is 10.6 Å². The maximum absolute atomic E-state index is 12.0. The summed E-state index contributed by atoms with van der Waals surface area (Å²) in [4.78, 5) is 42.9. The normalized spacial score (nSPS) is 23.4. The molecule has 0 aromatic heterocycles. The molecule has 0 radical (unpaired) electrons. The second-order valence-electron chi connectivity index (χ2n) is 13.6. The number of β-amino-alcohol motifs (C(OH)–C–C–N with tert-alkyl or cyclic N) is 1. The van der Waals surface area contributed by atoms with Crippen molar-refractivity contribution < 1.29 is 33.7 Å². The average Bonchev–Trinajstić information content (AvgIpc) is 2.90. The SMILES string of the molecule is CCOC(=O)CN1CCN(C(=O)OC(C)(C)C)C[C@H]1C.C[C@@H]1CN(C(=O)OC(C)(C)C)CCN1.C[C@@H]1CNCCN1CCO. The predicted octanol–water partition coefficient (Wildman–Crippen LogP) is 1.98. The zero-order chi connectivity index (χ0) is 33.5. The molecule has 0 aromatic rings. The number of piperazine rings is 3. The third-order valence-electron chi connectivity index (χ3n) is 7.10. The van der Waals surface area contributed by atoms with Crippen LogP contribution in [0.3, 0.4) is 0 Å². The minimum atomic E-state index is -0.484. The van der Waals surface area contributed by atoms with Crippen molar-refractivity contribution >= 4 is 18.2 Å². The third-order valence-corrected chi connectivity index (χ3v) is 7.10. The van der Waals surface area contributed by atoms with Crippen LogP contribution >= 0.6 is 0 Å². The molecule has 3 aliphatic rings. The summed E-state index contributed by atoms with van der Waals surface area (Å²) >= 11 is 0. The molecule has 13 nitrogen and oxygen atoms in total. The monoisotopic (exact) mass is 630 g/mol.